The first kappa shape index (κ1) is 16.2. The van der Waals surface area contributed by atoms with E-state index in [0.29, 0.717) is 17.1 Å². The number of nitrogens with zero attached hydrogens (tertiary/aromatic N) is 2. The molecule has 4 rings (SSSR count). The summed E-state index contributed by atoms with van der Waals surface area (Å²) in [6, 6.07) is 13.3. The molecule has 0 saturated heterocycles. The van der Waals surface area contributed by atoms with Gasteiger partial charge in [0.05, 0.1) is 12.1 Å². The van der Waals surface area contributed by atoms with E-state index in [9.17, 15) is 9.59 Å². The molecule has 0 atom stereocenters. The Bertz CT molecular complexity index is 1020. The van der Waals surface area contributed by atoms with E-state index in [1.807, 2.05) is 42.1 Å². The van der Waals surface area contributed by atoms with Gasteiger partial charge >= 0.3 is 0 Å². The minimum absolute atomic E-state index is 0.0380. The fourth-order valence-corrected chi connectivity index (χ4v) is 3.29. The molecule has 1 aromatic heterocycles. The van der Waals surface area contributed by atoms with Gasteiger partial charge in [0, 0.05) is 36.9 Å². The molecular formula is C20H19N3O3. The Hall–Kier alpha value is -3.28. The molecule has 2 amide bonds. The quantitative estimate of drug-likeness (QED) is 0.791. The number of carbonyl (C=O) groups excluding carboxylic acids is 2. The van der Waals surface area contributed by atoms with Crippen molar-refractivity contribution in [1.29, 1.82) is 0 Å². The highest BCUT2D eigenvalue weighted by atomic mass is 16.5. The maximum Gasteiger partial charge on any atom is 0.264 e. The summed E-state index contributed by atoms with van der Waals surface area (Å²) < 4.78 is 7.43. The van der Waals surface area contributed by atoms with E-state index in [-0.39, 0.29) is 24.8 Å². The van der Waals surface area contributed by atoms with Crippen LogP contribution in [-0.4, -0.2) is 30.0 Å². The summed E-state index contributed by atoms with van der Waals surface area (Å²) in [5.74, 6) is 0.419. The van der Waals surface area contributed by atoms with Crippen LogP contribution in [0.3, 0.4) is 0 Å². The number of anilines is 2. The third-order valence-corrected chi connectivity index (χ3v) is 4.66. The lowest BCUT2D eigenvalue weighted by Crippen LogP contribution is -2.35. The molecular weight excluding hydrogens is 330 g/mol. The number of rotatable bonds is 3. The average molecular weight is 349 g/mol. The lowest BCUT2D eigenvalue weighted by molar-refractivity contribution is -0.121. The van der Waals surface area contributed by atoms with Gasteiger partial charge < -0.3 is 19.5 Å². The van der Waals surface area contributed by atoms with Crippen molar-refractivity contribution in [2.75, 3.05) is 23.9 Å². The molecule has 0 radical (unpaired) electrons. The van der Waals surface area contributed by atoms with Gasteiger partial charge in [0.2, 0.25) is 5.91 Å². The molecule has 0 saturated carbocycles. The zero-order chi connectivity index (χ0) is 18.3. The summed E-state index contributed by atoms with van der Waals surface area (Å²) in [6.45, 7) is 0.0380. The van der Waals surface area contributed by atoms with Crippen LogP contribution >= 0.6 is 0 Å². The molecule has 0 spiro atoms. The zero-order valence-corrected chi connectivity index (χ0v) is 14.7. The van der Waals surface area contributed by atoms with Crippen molar-refractivity contribution in [1.82, 2.24) is 4.57 Å². The number of ether oxygens (including phenoxy) is 1. The van der Waals surface area contributed by atoms with E-state index in [0.717, 1.165) is 16.5 Å². The van der Waals surface area contributed by atoms with E-state index in [4.69, 9.17) is 4.74 Å². The van der Waals surface area contributed by atoms with Gasteiger partial charge in [-0.15, -0.1) is 0 Å². The molecule has 2 aromatic carbocycles. The van der Waals surface area contributed by atoms with Crippen LogP contribution in [-0.2, 0) is 23.1 Å². The predicted molar refractivity (Wildman–Crippen MR) is 101 cm³/mol. The number of para-hydroxylation sites is 1. The molecule has 2 heterocycles. The predicted octanol–water partition coefficient (Wildman–Crippen LogP) is 2.71. The number of aryl methyl sites for hydroxylation is 1. The van der Waals surface area contributed by atoms with Gasteiger partial charge in [-0.25, -0.2) is 0 Å². The molecule has 0 aliphatic carbocycles. The van der Waals surface area contributed by atoms with Crippen molar-refractivity contribution in [2.24, 2.45) is 7.05 Å². The Labute approximate surface area is 151 Å². The van der Waals surface area contributed by atoms with Crippen LogP contribution in [0.15, 0.2) is 48.7 Å². The number of carbonyl (C=O) groups is 2. The Morgan fingerprint density at radius 1 is 1.19 bits per heavy atom. The van der Waals surface area contributed by atoms with E-state index in [1.54, 1.807) is 30.1 Å². The number of hydrogen-bond acceptors (Lipinski definition) is 3. The van der Waals surface area contributed by atoms with E-state index in [2.05, 4.69) is 5.32 Å². The largest absolute Gasteiger partial charge is 0.482 e. The average Bonchev–Trinajstić information content (AvgIpc) is 2.95. The standard InChI is InChI=1S/C20H19N3O3/c1-22-11-13(15-5-3-4-6-16(15)22)9-19(24)21-14-7-8-18-17(10-14)23(2)20(25)12-26-18/h3-8,10-11H,9,12H2,1-2H3,(H,21,24). The topological polar surface area (TPSA) is 63.6 Å². The van der Waals surface area contributed by atoms with Crippen molar-refractivity contribution in [2.45, 2.75) is 6.42 Å². The number of aromatic nitrogens is 1. The Kier molecular flexibility index (Phi) is 3.88. The molecule has 6 heteroatoms. The summed E-state index contributed by atoms with van der Waals surface area (Å²) in [5, 5.41) is 3.99. The van der Waals surface area contributed by atoms with Crippen LogP contribution in [0.2, 0.25) is 0 Å². The van der Waals surface area contributed by atoms with Gasteiger partial charge in [0.15, 0.2) is 6.61 Å². The highest BCUT2D eigenvalue weighted by Crippen LogP contribution is 2.33. The second kappa shape index (κ2) is 6.22. The lowest BCUT2D eigenvalue weighted by Gasteiger charge is -2.26. The summed E-state index contributed by atoms with van der Waals surface area (Å²) >= 11 is 0. The number of fused-ring (bicyclic) bond motifs is 2. The van der Waals surface area contributed by atoms with Crippen LogP contribution in [0.5, 0.6) is 5.75 Å². The first-order chi connectivity index (χ1) is 12.5. The molecule has 132 valence electrons. The van der Waals surface area contributed by atoms with Crippen LogP contribution in [0.4, 0.5) is 11.4 Å². The van der Waals surface area contributed by atoms with Crippen molar-refractivity contribution in [3.8, 4) is 5.75 Å². The third-order valence-electron chi connectivity index (χ3n) is 4.66. The molecule has 0 fully saturated rings. The third kappa shape index (κ3) is 2.79. The zero-order valence-electron chi connectivity index (χ0n) is 14.7. The second-order valence-electron chi connectivity index (χ2n) is 6.43. The minimum atomic E-state index is -0.114. The molecule has 1 aliphatic rings. The summed E-state index contributed by atoms with van der Waals surface area (Å²) in [7, 11) is 3.67. The van der Waals surface area contributed by atoms with Crippen molar-refractivity contribution < 1.29 is 14.3 Å². The second-order valence-corrected chi connectivity index (χ2v) is 6.43. The summed E-state index contributed by atoms with van der Waals surface area (Å²) in [4.78, 5) is 25.8. The first-order valence-corrected chi connectivity index (χ1v) is 8.39. The number of likely N-dealkylation sites (N-methyl/N-ethyl adjacent to an activating group) is 1. The molecule has 0 unspecified atom stereocenters. The minimum Gasteiger partial charge on any atom is -0.482 e. The Morgan fingerprint density at radius 3 is 2.85 bits per heavy atom. The normalized spacial score (nSPS) is 13.5. The Balaban J connectivity index is 1.54. The summed E-state index contributed by atoms with van der Waals surface area (Å²) in [6.07, 6.45) is 2.26. The van der Waals surface area contributed by atoms with Gasteiger partial charge in [0.1, 0.15) is 5.75 Å². The van der Waals surface area contributed by atoms with E-state index < -0.39 is 0 Å². The van der Waals surface area contributed by atoms with Crippen LogP contribution in [0, 0.1) is 0 Å². The fourth-order valence-electron chi connectivity index (χ4n) is 3.29. The molecule has 1 N–H and O–H groups in total. The number of hydrogen-bond donors (Lipinski definition) is 1. The van der Waals surface area contributed by atoms with E-state index in [1.165, 1.54) is 0 Å². The highest BCUT2D eigenvalue weighted by Gasteiger charge is 2.22. The maximum absolute atomic E-state index is 12.5. The molecule has 0 bridgehead atoms. The van der Waals surface area contributed by atoms with E-state index >= 15 is 0 Å². The monoisotopic (exact) mass is 349 g/mol. The fraction of sp³-hybridized carbons (Fsp3) is 0.200. The molecule has 6 nitrogen and oxygen atoms in total. The maximum atomic E-state index is 12.5. The lowest BCUT2D eigenvalue weighted by atomic mass is 10.1. The molecule has 26 heavy (non-hydrogen) atoms. The van der Waals surface area contributed by atoms with Crippen molar-refractivity contribution >= 4 is 34.1 Å². The summed E-state index contributed by atoms with van der Waals surface area (Å²) in [5.41, 5.74) is 3.37. The van der Waals surface area contributed by atoms with Crippen LogP contribution in [0.1, 0.15) is 5.56 Å². The number of amides is 2. The van der Waals surface area contributed by atoms with Gasteiger partial charge in [-0.2, -0.15) is 0 Å². The van der Waals surface area contributed by atoms with Crippen molar-refractivity contribution in [3.05, 3.63) is 54.2 Å². The smallest absolute Gasteiger partial charge is 0.264 e. The van der Waals surface area contributed by atoms with Gasteiger partial charge in [-0.3, -0.25) is 9.59 Å². The highest BCUT2D eigenvalue weighted by molar-refractivity contribution is 6.00. The first-order valence-electron chi connectivity index (χ1n) is 8.39. The van der Waals surface area contributed by atoms with Crippen LogP contribution < -0.4 is 15.0 Å². The molecule has 1 aliphatic heterocycles. The SMILES string of the molecule is CN1C(=O)COc2ccc(NC(=O)Cc3cn(C)c4ccccc34)cc21. The van der Waals surface area contributed by atoms with Crippen molar-refractivity contribution in [3.63, 3.8) is 0 Å². The molecule has 3 aromatic rings. The van der Waals surface area contributed by atoms with Gasteiger partial charge in [-0.1, -0.05) is 18.2 Å². The van der Waals surface area contributed by atoms with Crippen LogP contribution in [0.25, 0.3) is 10.9 Å². The van der Waals surface area contributed by atoms with Gasteiger partial charge in [-0.05, 0) is 29.8 Å². The Morgan fingerprint density at radius 2 is 2.00 bits per heavy atom. The van der Waals surface area contributed by atoms with Gasteiger partial charge in [0.25, 0.3) is 5.91 Å². The number of nitrogens with one attached hydrogen (secondary N) is 1. The number of benzene rings is 2.